The molecule has 1 heterocycles. The highest BCUT2D eigenvalue weighted by atomic mass is 16.5. The summed E-state index contributed by atoms with van der Waals surface area (Å²) in [5.41, 5.74) is 7.87. The van der Waals surface area contributed by atoms with E-state index in [2.05, 4.69) is 27.3 Å². The predicted molar refractivity (Wildman–Crippen MR) is 84.5 cm³/mol. The number of morpholine rings is 1. The average Bonchev–Trinajstić information content (AvgIpc) is 2.38. The summed E-state index contributed by atoms with van der Waals surface area (Å²) in [6, 6.07) is 8.24. The molecular weight excluding hydrogens is 252 g/mol. The van der Waals surface area contributed by atoms with Crippen molar-refractivity contribution in [2.75, 3.05) is 36.5 Å². The van der Waals surface area contributed by atoms with Crippen LogP contribution in [0.5, 0.6) is 0 Å². The first-order valence-electron chi connectivity index (χ1n) is 6.99. The fraction of sp³-hybridized carbons (Fsp3) is 0.533. The van der Waals surface area contributed by atoms with Crippen LogP contribution in [0.15, 0.2) is 29.3 Å². The second-order valence-corrected chi connectivity index (χ2v) is 5.94. The number of aliphatic imine (C=N–C) groups is 1. The molecule has 0 saturated carbocycles. The maximum absolute atomic E-state index is 5.88. The van der Waals surface area contributed by atoms with Crippen molar-refractivity contribution in [3.05, 3.63) is 24.3 Å². The van der Waals surface area contributed by atoms with E-state index in [-0.39, 0.29) is 5.54 Å². The molecular formula is C15H24N4O. The molecule has 5 nitrogen and oxygen atoms in total. The molecule has 3 N–H and O–H groups in total. The Hall–Kier alpha value is -1.75. The molecule has 5 heteroatoms. The number of nitrogens with zero attached hydrogens (tertiary/aromatic N) is 2. The number of benzene rings is 1. The van der Waals surface area contributed by atoms with E-state index in [0.29, 0.717) is 5.96 Å². The van der Waals surface area contributed by atoms with E-state index in [0.717, 1.165) is 32.0 Å². The van der Waals surface area contributed by atoms with Crippen molar-refractivity contribution in [2.24, 2.45) is 10.7 Å². The molecule has 110 valence electrons. The molecule has 0 aromatic heterocycles. The van der Waals surface area contributed by atoms with Crippen molar-refractivity contribution in [2.45, 2.75) is 26.3 Å². The van der Waals surface area contributed by atoms with Gasteiger partial charge in [0, 0.05) is 24.5 Å². The topological polar surface area (TPSA) is 62.9 Å². The van der Waals surface area contributed by atoms with E-state index in [4.69, 9.17) is 10.5 Å². The van der Waals surface area contributed by atoms with Crippen LogP contribution in [0.25, 0.3) is 0 Å². The Kier molecular flexibility index (Phi) is 4.49. The number of hydrogen-bond acceptors (Lipinski definition) is 3. The summed E-state index contributed by atoms with van der Waals surface area (Å²) in [6.45, 7) is 9.53. The van der Waals surface area contributed by atoms with E-state index >= 15 is 0 Å². The first kappa shape index (κ1) is 14.7. The van der Waals surface area contributed by atoms with Crippen molar-refractivity contribution >= 4 is 17.3 Å². The summed E-state index contributed by atoms with van der Waals surface area (Å²) in [7, 11) is 0. The molecule has 0 amide bonds. The summed E-state index contributed by atoms with van der Waals surface area (Å²) >= 11 is 0. The summed E-state index contributed by atoms with van der Waals surface area (Å²) in [5, 5.41) is 3.11. The number of rotatable bonds is 2. The molecule has 20 heavy (non-hydrogen) atoms. The van der Waals surface area contributed by atoms with Crippen LogP contribution in [-0.4, -0.2) is 37.8 Å². The summed E-state index contributed by atoms with van der Waals surface area (Å²) in [6.07, 6.45) is 0. The molecule has 1 aromatic carbocycles. The van der Waals surface area contributed by atoms with E-state index in [9.17, 15) is 0 Å². The van der Waals surface area contributed by atoms with Gasteiger partial charge in [0.2, 0.25) is 0 Å². The molecule has 0 unspecified atom stereocenters. The summed E-state index contributed by atoms with van der Waals surface area (Å²) in [5.74, 6) is 0.441. The van der Waals surface area contributed by atoms with Crippen LogP contribution in [0, 0.1) is 0 Å². The van der Waals surface area contributed by atoms with Gasteiger partial charge in [-0.1, -0.05) is 0 Å². The van der Waals surface area contributed by atoms with Gasteiger partial charge in [-0.3, -0.25) is 0 Å². The second-order valence-electron chi connectivity index (χ2n) is 5.94. The SMILES string of the molecule is CC(C)(C)N=C(N)Nc1ccc(N2CCOCC2)cc1. The molecule has 1 fully saturated rings. The monoisotopic (exact) mass is 276 g/mol. The number of hydrogen-bond donors (Lipinski definition) is 2. The predicted octanol–water partition coefficient (Wildman–Crippen LogP) is 2.05. The molecule has 0 spiro atoms. The van der Waals surface area contributed by atoms with Crippen LogP contribution in [0.3, 0.4) is 0 Å². The van der Waals surface area contributed by atoms with E-state index < -0.39 is 0 Å². The molecule has 0 radical (unpaired) electrons. The molecule has 1 aliphatic rings. The number of guanidine groups is 1. The smallest absolute Gasteiger partial charge is 0.193 e. The van der Waals surface area contributed by atoms with Gasteiger partial charge in [-0.15, -0.1) is 0 Å². The second kappa shape index (κ2) is 6.13. The van der Waals surface area contributed by atoms with Gasteiger partial charge in [-0.25, -0.2) is 4.99 Å². The molecule has 1 aromatic rings. The highest BCUT2D eigenvalue weighted by molar-refractivity contribution is 5.92. The Balaban J connectivity index is 1.99. The van der Waals surface area contributed by atoms with E-state index in [1.165, 1.54) is 5.69 Å². The molecule has 1 aliphatic heterocycles. The van der Waals surface area contributed by atoms with Gasteiger partial charge < -0.3 is 20.7 Å². The Morgan fingerprint density at radius 1 is 1.20 bits per heavy atom. The van der Waals surface area contributed by atoms with Crippen molar-refractivity contribution in [1.82, 2.24) is 0 Å². The van der Waals surface area contributed by atoms with Crippen LogP contribution in [0.4, 0.5) is 11.4 Å². The average molecular weight is 276 g/mol. The van der Waals surface area contributed by atoms with Crippen LogP contribution in [0.1, 0.15) is 20.8 Å². The number of nitrogens with two attached hydrogens (primary N) is 1. The lowest BCUT2D eigenvalue weighted by Gasteiger charge is -2.28. The van der Waals surface area contributed by atoms with Crippen LogP contribution in [0.2, 0.25) is 0 Å². The number of ether oxygens (including phenoxy) is 1. The number of nitrogens with one attached hydrogen (secondary N) is 1. The largest absolute Gasteiger partial charge is 0.378 e. The van der Waals surface area contributed by atoms with Crippen molar-refractivity contribution in [3.8, 4) is 0 Å². The van der Waals surface area contributed by atoms with Gasteiger partial charge in [0.15, 0.2) is 5.96 Å². The third-order valence-electron chi connectivity index (χ3n) is 2.97. The third kappa shape index (κ3) is 4.42. The highest BCUT2D eigenvalue weighted by Crippen LogP contribution is 2.19. The van der Waals surface area contributed by atoms with Gasteiger partial charge in [0.05, 0.1) is 18.8 Å². The zero-order valence-electron chi connectivity index (χ0n) is 12.5. The number of anilines is 2. The third-order valence-corrected chi connectivity index (χ3v) is 2.97. The molecule has 2 rings (SSSR count). The van der Waals surface area contributed by atoms with Gasteiger partial charge in [0.1, 0.15) is 0 Å². The first-order chi connectivity index (χ1) is 9.44. The quantitative estimate of drug-likeness (QED) is 0.641. The Labute approximate surface area is 120 Å². The lowest BCUT2D eigenvalue weighted by molar-refractivity contribution is 0.122. The normalized spacial score (nSPS) is 17.1. The maximum atomic E-state index is 5.88. The molecule has 0 bridgehead atoms. The Bertz CT molecular complexity index is 456. The Morgan fingerprint density at radius 3 is 2.35 bits per heavy atom. The van der Waals surface area contributed by atoms with Gasteiger partial charge in [-0.2, -0.15) is 0 Å². The van der Waals surface area contributed by atoms with Gasteiger partial charge in [0.25, 0.3) is 0 Å². The summed E-state index contributed by atoms with van der Waals surface area (Å²) in [4.78, 5) is 6.69. The van der Waals surface area contributed by atoms with Crippen molar-refractivity contribution in [3.63, 3.8) is 0 Å². The Morgan fingerprint density at radius 2 is 1.80 bits per heavy atom. The van der Waals surface area contributed by atoms with Crippen LogP contribution in [-0.2, 0) is 4.74 Å². The maximum Gasteiger partial charge on any atom is 0.193 e. The lowest BCUT2D eigenvalue weighted by atomic mass is 10.1. The van der Waals surface area contributed by atoms with Gasteiger partial charge in [-0.05, 0) is 45.0 Å². The minimum atomic E-state index is -0.176. The van der Waals surface area contributed by atoms with Gasteiger partial charge >= 0.3 is 0 Å². The first-order valence-corrected chi connectivity index (χ1v) is 6.99. The molecule has 0 aliphatic carbocycles. The minimum absolute atomic E-state index is 0.176. The fourth-order valence-electron chi connectivity index (χ4n) is 2.11. The molecule has 1 saturated heterocycles. The fourth-order valence-corrected chi connectivity index (χ4v) is 2.11. The zero-order valence-corrected chi connectivity index (χ0v) is 12.5. The van der Waals surface area contributed by atoms with Crippen molar-refractivity contribution < 1.29 is 4.74 Å². The van der Waals surface area contributed by atoms with E-state index in [1.54, 1.807) is 0 Å². The minimum Gasteiger partial charge on any atom is -0.378 e. The highest BCUT2D eigenvalue weighted by Gasteiger charge is 2.11. The van der Waals surface area contributed by atoms with Crippen molar-refractivity contribution in [1.29, 1.82) is 0 Å². The van der Waals surface area contributed by atoms with E-state index in [1.807, 2.05) is 32.9 Å². The molecule has 0 atom stereocenters. The van der Waals surface area contributed by atoms with Crippen LogP contribution < -0.4 is 16.0 Å². The standard InChI is InChI=1S/C15H24N4O/c1-15(2,3)18-14(16)17-12-4-6-13(7-5-12)19-8-10-20-11-9-19/h4-7H,8-11H2,1-3H3,(H3,16,17,18). The zero-order chi connectivity index (χ0) is 14.6. The van der Waals surface area contributed by atoms with Crippen LogP contribution >= 0.6 is 0 Å². The lowest BCUT2D eigenvalue weighted by Crippen LogP contribution is -2.36. The summed E-state index contributed by atoms with van der Waals surface area (Å²) < 4.78 is 5.36.